The third-order valence-electron chi connectivity index (χ3n) is 2.93. The Morgan fingerprint density at radius 1 is 1.38 bits per heavy atom. The largest absolute Gasteiger partial charge is 0.443 e. The van der Waals surface area contributed by atoms with E-state index in [1.807, 2.05) is 27.7 Å². The van der Waals surface area contributed by atoms with E-state index in [1.54, 1.807) is 12.4 Å². The molecule has 126 valence electrons. The topological polar surface area (TPSA) is 68.2 Å². The van der Waals surface area contributed by atoms with Gasteiger partial charge in [0.2, 0.25) is 0 Å². The highest BCUT2D eigenvalue weighted by Gasteiger charge is 2.27. The summed E-state index contributed by atoms with van der Waals surface area (Å²) in [5.41, 5.74) is 0.991. The minimum atomic E-state index is -0.600. The molecule has 2 aromatic heterocycles. The van der Waals surface area contributed by atoms with Gasteiger partial charge in [0.1, 0.15) is 21.9 Å². The standard InChI is InChI=1S/C17H20N4O2S/c1-6-8-21(16(22)23-17(3,4)5)15-13(7-2)20-14(24-15)12-9-18-11-19-10-12/h1,9-11H,7-8H2,2-5H3. The summed E-state index contributed by atoms with van der Waals surface area (Å²) in [7, 11) is 0. The summed E-state index contributed by atoms with van der Waals surface area (Å²) >= 11 is 1.38. The highest BCUT2D eigenvalue weighted by molar-refractivity contribution is 7.19. The number of aromatic nitrogens is 3. The molecule has 0 saturated carbocycles. The Morgan fingerprint density at radius 2 is 2.04 bits per heavy atom. The average Bonchev–Trinajstić information content (AvgIpc) is 2.95. The van der Waals surface area contributed by atoms with Gasteiger partial charge >= 0.3 is 6.09 Å². The van der Waals surface area contributed by atoms with Gasteiger partial charge in [0.25, 0.3) is 0 Å². The maximum Gasteiger partial charge on any atom is 0.416 e. The van der Waals surface area contributed by atoms with Crippen LogP contribution in [0.4, 0.5) is 9.80 Å². The molecule has 6 nitrogen and oxygen atoms in total. The zero-order valence-electron chi connectivity index (χ0n) is 14.2. The van der Waals surface area contributed by atoms with Crippen LogP contribution in [0, 0.1) is 12.3 Å². The van der Waals surface area contributed by atoms with E-state index >= 15 is 0 Å². The molecule has 0 atom stereocenters. The predicted octanol–water partition coefficient (Wildman–Crippen LogP) is 3.54. The van der Waals surface area contributed by atoms with Crippen molar-refractivity contribution in [2.75, 3.05) is 11.4 Å². The smallest absolute Gasteiger partial charge is 0.416 e. The van der Waals surface area contributed by atoms with Gasteiger partial charge in [0.05, 0.1) is 12.2 Å². The first-order chi connectivity index (χ1) is 11.4. The quantitative estimate of drug-likeness (QED) is 0.794. The number of hydrogen-bond acceptors (Lipinski definition) is 6. The fraction of sp³-hybridized carbons (Fsp3) is 0.412. The van der Waals surface area contributed by atoms with Crippen molar-refractivity contribution in [2.24, 2.45) is 0 Å². The Hall–Kier alpha value is -2.46. The molecule has 0 radical (unpaired) electrons. The normalized spacial score (nSPS) is 11.0. The number of rotatable bonds is 4. The Morgan fingerprint density at radius 3 is 2.58 bits per heavy atom. The molecule has 2 aromatic rings. The number of thiazole rings is 1. The first-order valence-corrected chi connectivity index (χ1v) is 8.36. The Kier molecular flexibility index (Phi) is 5.52. The number of anilines is 1. The molecule has 0 bridgehead atoms. The van der Waals surface area contributed by atoms with E-state index in [2.05, 4.69) is 20.9 Å². The van der Waals surface area contributed by atoms with Crippen molar-refractivity contribution in [3.63, 3.8) is 0 Å². The van der Waals surface area contributed by atoms with Crippen molar-refractivity contribution in [3.8, 4) is 22.9 Å². The lowest BCUT2D eigenvalue weighted by Gasteiger charge is -2.25. The molecule has 0 aliphatic heterocycles. The molecule has 0 spiro atoms. The van der Waals surface area contributed by atoms with Crippen LogP contribution in [0.5, 0.6) is 0 Å². The van der Waals surface area contributed by atoms with E-state index in [0.29, 0.717) is 11.4 Å². The molecule has 2 rings (SSSR count). The SMILES string of the molecule is C#CCN(C(=O)OC(C)(C)C)c1sc(-c2cncnc2)nc1CC. The molecular formula is C17H20N4O2S. The lowest BCUT2D eigenvalue weighted by molar-refractivity contribution is 0.0585. The van der Waals surface area contributed by atoms with E-state index in [9.17, 15) is 4.79 Å². The zero-order chi connectivity index (χ0) is 17.7. The van der Waals surface area contributed by atoms with Gasteiger partial charge in [-0.05, 0) is 27.2 Å². The number of carbonyl (C=O) groups excluding carboxylic acids is 1. The number of carbonyl (C=O) groups is 1. The van der Waals surface area contributed by atoms with Gasteiger partial charge in [0.15, 0.2) is 0 Å². The van der Waals surface area contributed by atoms with Gasteiger partial charge in [0, 0.05) is 18.0 Å². The molecule has 24 heavy (non-hydrogen) atoms. The highest BCUT2D eigenvalue weighted by Crippen LogP contribution is 2.35. The second kappa shape index (κ2) is 7.41. The lowest BCUT2D eigenvalue weighted by Crippen LogP contribution is -2.37. The van der Waals surface area contributed by atoms with E-state index in [4.69, 9.17) is 11.2 Å². The predicted molar refractivity (Wildman–Crippen MR) is 94.9 cm³/mol. The second-order valence-corrected chi connectivity index (χ2v) is 7.00. The Labute approximate surface area is 145 Å². The van der Waals surface area contributed by atoms with E-state index in [1.165, 1.54) is 22.6 Å². The highest BCUT2D eigenvalue weighted by atomic mass is 32.1. The first kappa shape index (κ1) is 17.9. The zero-order valence-corrected chi connectivity index (χ0v) is 15.1. The summed E-state index contributed by atoms with van der Waals surface area (Å²) in [4.78, 5) is 26.6. The van der Waals surface area contributed by atoms with Crippen molar-refractivity contribution in [1.82, 2.24) is 15.0 Å². The van der Waals surface area contributed by atoms with Gasteiger partial charge < -0.3 is 4.74 Å². The van der Waals surface area contributed by atoms with Crippen LogP contribution in [0.3, 0.4) is 0 Å². The number of hydrogen-bond donors (Lipinski definition) is 0. The van der Waals surface area contributed by atoms with Crippen molar-refractivity contribution < 1.29 is 9.53 Å². The summed E-state index contributed by atoms with van der Waals surface area (Å²) in [6.07, 6.45) is 10.5. The Bertz CT molecular complexity index is 744. The van der Waals surface area contributed by atoms with Crippen LogP contribution < -0.4 is 4.90 Å². The monoisotopic (exact) mass is 344 g/mol. The fourth-order valence-corrected chi connectivity index (χ4v) is 3.06. The maximum atomic E-state index is 12.5. The molecule has 0 saturated heterocycles. The molecular weight excluding hydrogens is 324 g/mol. The van der Waals surface area contributed by atoms with Gasteiger partial charge in [-0.3, -0.25) is 4.90 Å². The van der Waals surface area contributed by atoms with Gasteiger partial charge in [-0.25, -0.2) is 19.7 Å². The lowest BCUT2D eigenvalue weighted by atomic mass is 10.2. The third-order valence-corrected chi connectivity index (χ3v) is 4.10. The van der Waals surface area contributed by atoms with Crippen LogP contribution in [-0.4, -0.2) is 33.2 Å². The molecule has 0 unspecified atom stereocenters. The second-order valence-electron chi connectivity index (χ2n) is 6.02. The average molecular weight is 344 g/mol. The van der Waals surface area contributed by atoms with E-state index in [0.717, 1.165) is 16.3 Å². The van der Waals surface area contributed by atoms with Crippen LogP contribution in [0.25, 0.3) is 10.6 Å². The number of amides is 1. The molecule has 1 amide bonds. The number of ether oxygens (including phenoxy) is 1. The Balaban J connectivity index is 2.41. The van der Waals surface area contributed by atoms with Crippen molar-refractivity contribution >= 4 is 22.4 Å². The van der Waals surface area contributed by atoms with Gasteiger partial charge in [-0.15, -0.1) is 6.42 Å². The molecule has 0 fully saturated rings. The van der Waals surface area contributed by atoms with Gasteiger partial charge in [-0.2, -0.15) is 0 Å². The number of aryl methyl sites for hydroxylation is 1. The molecule has 0 aliphatic carbocycles. The van der Waals surface area contributed by atoms with Crippen LogP contribution >= 0.6 is 11.3 Å². The molecule has 0 aromatic carbocycles. The molecule has 0 N–H and O–H groups in total. The number of nitrogens with zero attached hydrogens (tertiary/aromatic N) is 4. The molecule has 2 heterocycles. The number of terminal acetylenes is 1. The summed E-state index contributed by atoms with van der Waals surface area (Å²) < 4.78 is 5.47. The maximum absolute atomic E-state index is 12.5. The van der Waals surface area contributed by atoms with E-state index in [-0.39, 0.29) is 6.54 Å². The minimum Gasteiger partial charge on any atom is -0.443 e. The first-order valence-electron chi connectivity index (χ1n) is 7.54. The summed E-state index contributed by atoms with van der Waals surface area (Å²) in [6, 6.07) is 0. The van der Waals surface area contributed by atoms with Crippen LogP contribution in [0.2, 0.25) is 0 Å². The van der Waals surface area contributed by atoms with Crippen molar-refractivity contribution in [2.45, 2.75) is 39.7 Å². The summed E-state index contributed by atoms with van der Waals surface area (Å²) in [5, 5.41) is 1.44. The summed E-state index contributed by atoms with van der Waals surface area (Å²) in [5.74, 6) is 2.51. The van der Waals surface area contributed by atoms with Crippen molar-refractivity contribution in [3.05, 3.63) is 24.4 Å². The van der Waals surface area contributed by atoms with Crippen molar-refractivity contribution in [1.29, 1.82) is 0 Å². The van der Waals surface area contributed by atoms with E-state index < -0.39 is 11.7 Å². The van der Waals surface area contributed by atoms with Gasteiger partial charge in [-0.1, -0.05) is 24.2 Å². The summed E-state index contributed by atoms with van der Waals surface area (Å²) in [6.45, 7) is 7.55. The third kappa shape index (κ3) is 4.30. The molecule has 7 heteroatoms. The van der Waals surface area contributed by atoms with Crippen LogP contribution in [0.15, 0.2) is 18.7 Å². The molecule has 0 aliphatic rings. The fourth-order valence-electron chi connectivity index (χ4n) is 1.95. The minimum absolute atomic E-state index is 0.120. The van der Waals surface area contributed by atoms with Crippen LogP contribution in [-0.2, 0) is 11.2 Å². The van der Waals surface area contributed by atoms with Crippen LogP contribution in [0.1, 0.15) is 33.4 Å².